The molecule has 0 bridgehead atoms. The van der Waals surface area contributed by atoms with E-state index in [9.17, 15) is 4.79 Å². The highest BCUT2D eigenvalue weighted by atomic mass is 16.5. The van der Waals surface area contributed by atoms with Gasteiger partial charge in [-0.3, -0.25) is 0 Å². The third-order valence-corrected chi connectivity index (χ3v) is 4.03. The number of fused-ring (bicyclic) bond motifs is 1. The highest BCUT2D eigenvalue weighted by molar-refractivity contribution is 5.96. The first-order chi connectivity index (χ1) is 13.7. The quantitative estimate of drug-likeness (QED) is 0.493. The molecule has 4 aromatic rings. The molecule has 3 aromatic heterocycles. The van der Waals surface area contributed by atoms with E-state index in [2.05, 4.69) is 20.1 Å². The van der Waals surface area contributed by atoms with E-state index >= 15 is 0 Å². The van der Waals surface area contributed by atoms with Gasteiger partial charge in [0.2, 0.25) is 0 Å². The van der Waals surface area contributed by atoms with Crippen molar-refractivity contribution < 1.29 is 14.3 Å². The van der Waals surface area contributed by atoms with E-state index in [-0.39, 0.29) is 12.6 Å². The Morgan fingerprint density at radius 1 is 1.14 bits per heavy atom. The van der Waals surface area contributed by atoms with Gasteiger partial charge in [0, 0.05) is 23.7 Å². The fraction of sp³-hybridized carbons (Fsp3) is 0.150. The second-order valence-electron chi connectivity index (χ2n) is 5.96. The Balaban J connectivity index is 1.73. The van der Waals surface area contributed by atoms with Crippen LogP contribution in [0.4, 0.5) is 0 Å². The van der Waals surface area contributed by atoms with Crippen LogP contribution in [0, 0.1) is 6.92 Å². The number of carbonyl (C=O) groups excluding carboxylic acids is 1. The number of esters is 1. The highest BCUT2D eigenvalue weighted by Gasteiger charge is 2.17. The van der Waals surface area contributed by atoms with Gasteiger partial charge in [0.05, 0.1) is 18.5 Å². The van der Waals surface area contributed by atoms with Crippen molar-refractivity contribution in [2.24, 2.45) is 0 Å². The molecule has 0 aliphatic carbocycles. The largest absolute Gasteiger partial charge is 0.462 e. The van der Waals surface area contributed by atoms with Crippen molar-refractivity contribution in [3.8, 4) is 23.0 Å². The molecule has 0 N–H and O–H groups in total. The topological polar surface area (TPSA) is 91.5 Å². The number of aryl methyl sites for hydroxylation is 1. The summed E-state index contributed by atoms with van der Waals surface area (Å²) in [4.78, 5) is 24.9. The molecule has 0 atom stereocenters. The third-order valence-electron chi connectivity index (χ3n) is 4.03. The zero-order valence-electron chi connectivity index (χ0n) is 15.4. The van der Waals surface area contributed by atoms with Gasteiger partial charge in [-0.1, -0.05) is 12.1 Å². The van der Waals surface area contributed by atoms with Gasteiger partial charge >= 0.3 is 12.0 Å². The highest BCUT2D eigenvalue weighted by Crippen LogP contribution is 2.26. The summed E-state index contributed by atoms with van der Waals surface area (Å²) in [6.07, 6.45) is 4.70. The van der Waals surface area contributed by atoms with Crippen molar-refractivity contribution in [3.05, 3.63) is 66.2 Å². The van der Waals surface area contributed by atoms with Gasteiger partial charge in [-0.25, -0.2) is 24.3 Å². The molecule has 8 nitrogen and oxygen atoms in total. The minimum Gasteiger partial charge on any atom is -0.462 e. The van der Waals surface area contributed by atoms with E-state index in [0.29, 0.717) is 22.7 Å². The van der Waals surface area contributed by atoms with Crippen LogP contribution in [-0.2, 0) is 4.74 Å². The Bertz CT molecular complexity index is 1140. The molecule has 0 radical (unpaired) electrons. The molecule has 8 heteroatoms. The van der Waals surface area contributed by atoms with Gasteiger partial charge in [-0.15, -0.1) is 0 Å². The minimum atomic E-state index is -0.445. The first kappa shape index (κ1) is 17.6. The average Bonchev–Trinajstić information content (AvgIpc) is 3.14. The third kappa shape index (κ3) is 3.39. The molecule has 0 saturated heterocycles. The summed E-state index contributed by atoms with van der Waals surface area (Å²) >= 11 is 0. The zero-order valence-corrected chi connectivity index (χ0v) is 15.4. The van der Waals surface area contributed by atoms with Crippen LogP contribution in [-0.4, -0.2) is 37.1 Å². The van der Waals surface area contributed by atoms with E-state index in [1.54, 1.807) is 29.9 Å². The Kier molecular flexibility index (Phi) is 4.67. The van der Waals surface area contributed by atoms with Crippen LogP contribution in [0.5, 0.6) is 11.8 Å². The maximum atomic E-state index is 12.2. The lowest BCUT2D eigenvalue weighted by Gasteiger charge is -2.08. The van der Waals surface area contributed by atoms with Crippen LogP contribution >= 0.6 is 0 Å². The van der Waals surface area contributed by atoms with Crippen molar-refractivity contribution >= 4 is 11.6 Å². The van der Waals surface area contributed by atoms with Crippen LogP contribution in [0.15, 0.2) is 55.0 Å². The Morgan fingerprint density at radius 3 is 2.75 bits per heavy atom. The van der Waals surface area contributed by atoms with Gasteiger partial charge in [0.25, 0.3) is 0 Å². The van der Waals surface area contributed by atoms with E-state index in [1.165, 1.54) is 6.20 Å². The van der Waals surface area contributed by atoms with Crippen molar-refractivity contribution in [2.75, 3.05) is 6.61 Å². The SMILES string of the molecule is CCOC(=O)c1cnn2c(C)cc(-c3cccc(Oc4ncccn4)c3)nc12. The predicted octanol–water partition coefficient (Wildman–Crippen LogP) is 3.46. The standard InChI is InChI=1S/C20H17N5O3/c1-3-27-19(26)16-12-23-25-13(2)10-17(24-18(16)25)14-6-4-7-15(11-14)28-20-21-8-5-9-22-20/h4-12H,3H2,1-2H3. The summed E-state index contributed by atoms with van der Waals surface area (Å²) in [7, 11) is 0. The van der Waals surface area contributed by atoms with Crippen molar-refractivity contribution in [2.45, 2.75) is 13.8 Å². The maximum Gasteiger partial charge on any atom is 0.343 e. The molecule has 0 fully saturated rings. The summed E-state index contributed by atoms with van der Waals surface area (Å²) < 4.78 is 12.4. The van der Waals surface area contributed by atoms with Gasteiger partial charge in [-0.2, -0.15) is 5.10 Å². The molecule has 0 amide bonds. The Labute approximate surface area is 160 Å². The lowest BCUT2D eigenvalue weighted by Crippen LogP contribution is -2.06. The number of aromatic nitrogens is 5. The molecule has 0 aliphatic rings. The second-order valence-corrected chi connectivity index (χ2v) is 5.96. The van der Waals surface area contributed by atoms with Crippen LogP contribution in [0.3, 0.4) is 0 Å². The number of ether oxygens (including phenoxy) is 2. The molecule has 0 spiro atoms. The van der Waals surface area contributed by atoms with Crippen molar-refractivity contribution in [1.29, 1.82) is 0 Å². The summed E-state index contributed by atoms with van der Waals surface area (Å²) in [6, 6.07) is 11.3. The Hall–Kier alpha value is -3.81. The summed E-state index contributed by atoms with van der Waals surface area (Å²) in [5.41, 5.74) is 3.14. The summed E-state index contributed by atoms with van der Waals surface area (Å²) in [5.74, 6) is 0.141. The van der Waals surface area contributed by atoms with Crippen LogP contribution in [0.1, 0.15) is 23.0 Å². The summed E-state index contributed by atoms with van der Waals surface area (Å²) in [6.45, 7) is 3.95. The number of rotatable bonds is 5. The molecule has 1 aromatic carbocycles. The normalized spacial score (nSPS) is 10.8. The second kappa shape index (κ2) is 7.43. The fourth-order valence-electron chi connectivity index (χ4n) is 2.78. The van der Waals surface area contributed by atoms with Gasteiger partial charge < -0.3 is 9.47 Å². The van der Waals surface area contributed by atoms with Crippen LogP contribution in [0.2, 0.25) is 0 Å². The molecule has 28 heavy (non-hydrogen) atoms. The number of carbonyl (C=O) groups is 1. The van der Waals surface area contributed by atoms with E-state index < -0.39 is 5.97 Å². The first-order valence-corrected chi connectivity index (χ1v) is 8.73. The molecule has 140 valence electrons. The molecule has 3 heterocycles. The van der Waals surface area contributed by atoms with Crippen LogP contribution in [0.25, 0.3) is 16.9 Å². The summed E-state index contributed by atoms with van der Waals surface area (Å²) in [5, 5.41) is 4.24. The number of nitrogens with zero attached hydrogens (tertiary/aromatic N) is 5. The lowest BCUT2D eigenvalue weighted by molar-refractivity contribution is 0.0528. The van der Waals surface area contributed by atoms with E-state index in [4.69, 9.17) is 9.47 Å². The van der Waals surface area contributed by atoms with Gasteiger partial charge in [-0.05, 0) is 38.1 Å². The van der Waals surface area contributed by atoms with E-state index in [0.717, 1.165) is 11.3 Å². The van der Waals surface area contributed by atoms with Crippen LogP contribution < -0.4 is 4.74 Å². The van der Waals surface area contributed by atoms with Gasteiger partial charge in [0.15, 0.2) is 5.65 Å². The minimum absolute atomic E-state index is 0.264. The fourth-order valence-corrected chi connectivity index (χ4v) is 2.78. The van der Waals surface area contributed by atoms with Crippen molar-refractivity contribution in [1.82, 2.24) is 24.6 Å². The molecule has 4 rings (SSSR count). The van der Waals surface area contributed by atoms with Crippen molar-refractivity contribution in [3.63, 3.8) is 0 Å². The molecular formula is C20H17N5O3. The average molecular weight is 375 g/mol. The first-order valence-electron chi connectivity index (χ1n) is 8.73. The Morgan fingerprint density at radius 2 is 1.96 bits per heavy atom. The predicted molar refractivity (Wildman–Crippen MR) is 101 cm³/mol. The monoisotopic (exact) mass is 375 g/mol. The zero-order chi connectivity index (χ0) is 19.5. The maximum absolute atomic E-state index is 12.2. The number of benzene rings is 1. The molecule has 0 aliphatic heterocycles. The smallest absolute Gasteiger partial charge is 0.343 e. The number of hydrogen-bond acceptors (Lipinski definition) is 7. The molecule has 0 saturated carbocycles. The van der Waals surface area contributed by atoms with E-state index in [1.807, 2.05) is 37.3 Å². The molecular weight excluding hydrogens is 358 g/mol. The lowest BCUT2D eigenvalue weighted by atomic mass is 10.1. The number of hydrogen-bond donors (Lipinski definition) is 0. The molecule has 0 unspecified atom stereocenters. The van der Waals surface area contributed by atoms with Gasteiger partial charge in [0.1, 0.15) is 11.3 Å².